The first-order valence-electron chi connectivity index (χ1n) is 4.21. The fourth-order valence-electron chi connectivity index (χ4n) is 1.54. The van der Waals surface area contributed by atoms with E-state index in [1.54, 1.807) is 6.20 Å². The summed E-state index contributed by atoms with van der Waals surface area (Å²) in [6, 6.07) is 7.92. The molecule has 68 valence electrons. The number of rotatable bonds is 0. The van der Waals surface area contributed by atoms with Crippen LogP contribution in [0, 0.1) is 0 Å². The molecule has 3 nitrogen and oxygen atoms in total. The molecule has 0 aliphatic heterocycles. The Morgan fingerprint density at radius 3 is 3.07 bits per heavy atom. The number of hydrogen-bond acceptors (Lipinski definition) is 3. The van der Waals surface area contributed by atoms with Crippen molar-refractivity contribution in [2.24, 2.45) is 0 Å². The van der Waals surface area contributed by atoms with Gasteiger partial charge in [0.05, 0.1) is 4.70 Å². The second-order valence-corrected chi connectivity index (χ2v) is 4.02. The number of aromatic nitrogens is 2. The van der Waals surface area contributed by atoms with E-state index in [0.29, 0.717) is 5.65 Å². The van der Waals surface area contributed by atoms with Crippen molar-refractivity contribution >= 4 is 32.5 Å². The second-order valence-electron chi connectivity index (χ2n) is 3.04. The van der Waals surface area contributed by atoms with Gasteiger partial charge in [0.15, 0.2) is 5.65 Å². The van der Waals surface area contributed by atoms with Crippen LogP contribution in [-0.4, -0.2) is 9.97 Å². The highest BCUT2D eigenvalue weighted by atomic mass is 32.1. The summed E-state index contributed by atoms with van der Waals surface area (Å²) in [5.41, 5.74) is 0.679. The topological polar surface area (TPSA) is 45.8 Å². The number of benzene rings is 1. The molecule has 3 rings (SSSR count). The molecule has 14 heavy (non-hydrogen) atoms. The third-order valence-electron chi connectivity index (χ3n) is 2.17. The van der Waals surface area contributed by atoms with E-state index in [2.05, 4.69) is 9.97 Å². The third kappa shape index (κ3) is 0.975. The van der Waals surface area contributed by atoms with E-state index in [9.17, 15) is 4.79 Å². The molecule has 0 bridgehead atoms. The van der Waals surface area contributed by atoms with Crippen LogP contribution in [0.1, 0.15) is 0 Å². The predicted octanol–water partition coefficient (Wildman–Crippen LogP) is 2.14. The van der Waals surface area contributed by atoms with Crippen LogP contribution in [-0.2, 0) is 0 Å². The first-order valence-corrected chi connectivity index (χ1v) is 5.03. The van der Waals surface area contributed by atoms with Crippen molar-refractivity contribution < 1.29 is 0 Å². The second kappa shape index (κ2) is 2.65. The minimum absolute atomic E-state index is 0.0520. The maximum absolute atomic E-state index is 11.2. The summed E-state index contributed by atoms with van der Waals surface area (Å²) in [5.74, 6) is 0. The molecule has 1 N–H and O–H groups in total. The first kappa shape index (κ1) is 7.70. The summed E-state index contributed by atoms with van der Waals surface area (Å²) in [4.78, 5) is 18.0. The summed E-state index contributed by atoms with van der Waals surface area (Å²) in [5, 5.41) is 2.15. The summed E-state index contributed by atoms with van der Waals surface area (Å²) < 4.78 is 0.938. The van der Waals surface area contributed by atoms with E-state index >= 15 is 0 Å². The van der Waals surface area contributed by atoms with Crippen LogP contribution in [0.25, 0.3) is 21.1 Å². The monoisotopic (exact) mass is 202 g/mol. The van der Waals surface area contributed by atoms with E-state index in [-0.39, 0.29) is 4.87 Å². The molecule has 2 aromatic heterocycles. The smallest absolute Gasteiger partial charge is 0.297 e. The van der Waals surface area contributed by atoms with E-state index < -0.39 is 0 Å². The van der Waals surface area contributed by atoms with Crippen LogP contribution in [0.3, 0.4) is 0 Å². The Kier molecular flexibility index (Phi) is 1.46. The normalized spacial score (nSPS) is 11.1. The van der Waals surface area contributed by atoms with E-state index in [0.717, 1.165) is 15.5 Å². The van der Waals surface area contributed by atoms with E-state index in [1.807, 2.05) is 24.3 Å². The van der Waals surface area contributed by atoms with Crippen molar-refractivity contribution in [3.63, 3.8) is 0 Å². The lowest BCUT2D eigenvalue weighted by Gasteiger charge is -1.95. The maximum Gasteiger partial charge on any atom is 0.306 e. The van der Waals surface area contributed by atoms with Gasteiger partial charge in [0.2, 0.25) is 0 Å². The highest BCUT2D eigenvalue weighted by molar-refractivity contribution is 7.17. The predicted molar refractivity (Wildman–Crippen MR) is 57.7 cm³/mol. The Morgan fingerprint density at radius 1 is 1.29 bits per heavy atom. The van der Waals surface area contributed by atoms with Crippen molar-refractivity contribution in [1.82, 2.24) is 9.97 Å². The van der Waals surface area contributed by atoms with Crippen LogP contribution in [0.2, 0.25) is 0 Å². The Morgan fingerprint density at radius 2 is 2.14 bits per heavy atom. The molecule has 0 saturated heterocycles. The number of aromatic amines is 1. The maximum atomic E-state index is 11.2. The zero-order valence-electron chi connectivity index (χ0n) is 7.15. The number of thiazole rings is 1. The van der Waals surface area contributed by atoms with Crippen molar-refractivity contribution in [2.75, 3.05) is 0 Å². The molecule has 0 saturated carbocycles. The molecule has 0 amide bonds. The fourth-order valence-corrected chi connectivity index (χ4v) is 2.37. The molecule has 0 radical (unpaired) electrons. The van der Waals surface area contributed by atoms with Crippen molar-refractivity contribution in [3.05, 3.63) is 40.1 Å². The highest BCUT2D eigenvalue weighted by Gasteiger charge is 2.04. The van der Waals surface area contributed by atoms with Gasteiger partial charge in [-0.3, -0.25) is 9.78 Å². The van der Waals surface area contributed by atoms with Gasteiger partial charge in [-0.15, -0.1) is 0 Å². The van der Waals surface area contributed by atoms with Crippen LogP contribution in [0.15, 0.2) is 35.3 Å². The molecule has 2 heterocycles. The van der Waals surface area contributed by atoms with Gasteiger partial charge in [-0.25, -0.2) is 4.98 Å². The molecule has 0 atom stereocenters. The van der Waals surface area contributed by atoms with Crippen molar-refractivity contribution in [1.29, 1.82) is 0 Å². The largest absolute Gasteiger partial charge is 0.306 e. The van der Waals surface area contributed by atoms with Crippen LogP contribution < -0.4 is 4.87 Å². The standard InChI is InChI=1S/C10H6N2OS/c13-10-12-9-8(14-10)7-4-2-1-3-6(7)5-11-9/h1-5H,(H,11,12,13). The number of pyridine rings is 1. The number of hydrogen-bond donors (Lipinski definition) is 1. The lowest BCUT2D eigenvalue weighted by atomic mass is 10.2. The van der Waals surface area contributed by atoms with Gasteiger partial charge in [0, 0.05) is 17.0 Å². The minimum atomic E-state index is -0.0520. The molecular formula is C10H6N2OS. The molecule has 1 aromatic carbocycles. The molecular weight excluding hydrogens is 196 g/mol. The molecule has 0 spiro atoms. The molecule has 4 heteroatoms. The third-order valence-corrected chi connectivity index (χ3v) is 3.07. The van der Waals surface area contributed by atoms with Crippen LogP contribution >= 0.6 is 11.3 Å². The Bertz CT molecular complexity index is 668. The minimum Gasteiger partial charge on any atom is -0.297 e. The Hall–Kier alpha value is -1.68. The fraction of sp³-hybridized carbons (Fsp3) is 0. The van der Waals surface area contributed by atoms with E-state index in [1.165, 1.54) is 11.3 Å². The van der Waals surface area contributed by atoms with Crippen LogP contribution in [0.5, 0.6) is 0 Å². The zero-order valence-corrected chi connectivity index (χ0v) is 7.97. The molecule has 0 aliphatic carbocycles. The molecule has 0 aliphatic rings. The lowest BCUT2D eigenvalue weighted by molar-refractivity contribution is 1.31. The number of nitrogens with one attached hydrogen (secondary N) is 1. The summed E-state index contributed by atoms with van der Waals surface area (Å²) in [6.07, 6.45) is 1.78. The van der Waals surface area contributed by atoms with Gasteiger partial charge in [-0.2, -0.15) is 0 Å². The molecule has 3 aromatic rings. The number of nitrogens with zero attached hydrogens (tertiary/aromatic N) is 1. The lowest BCUT2D eigenvalue weighted by Crippen LogP contribution is -1.90. The summed E-state index contributed by atoms with van der Waals surface area (Å²) >= 11 is 1.21. The van der Waals surface area contributed by atoms with Gasteiger partial charge < -0.3 is 0 Å². The highest BCUT2D eigenvalue weighted by Crippen LogP contribution is 2.23. The van der Waals surface area contributed by atoms with Crippen molar-refractivity contribution in [2.45, 2.75) is 0 Å². The van der Waals surface area contributed by atoms with E-state index in [4.69, 9.17) is 0 Å². The van der Waals surface area contributed by atoms with Crippen molar-refractivity contribution in [3.8, 4) is 0 Å². The molecule has 0 fully saturated rings. The zero-order chi connectivity index (χ0) is 9.54. The average Bonchev–Trinajstić information content (AvgIpc) is 2.59. The number of H-pyrrole nitrogens is 1. The van der Waals surface area contributed by atoms with Gasteiger partial charge in [-0.05, 0) is 0 Å². The van der Waals surface area contributed by atoms with Gasteiger partial charge in [0.1, 0.15) is 0 Å². The van der Waals surface area contributed by atoms with Gasteiger partial charge in [0.25, 0.3) is 0 Å². The Labute approximate surface area is 83.0 Å². The number of fused-ring (bicyclic) bond motifs is 3. The summed E-state index contributed by atoms with van der Waals surface area (Å²) in [6.45, 7) is 0. The van der Waals surface area contributed by atoms with Gasteiger partial charge in [-0.1, -0.05) is 35.6 Å². The first-order chi connectivity index (χ1) is 6.84. The van der Waals surface area contributed by atoms with Crippen LogP contribution in [0.4, 0.5) is 0 Å². The Balaban J connectivity index is 2.66. The summed E-state index contributed by atoms with van der Waals surface area (Å²) in [7, 11) is 0. The average molecular weight is 202 g/mol. The SMILES string of the molecule is O=c1[nH]c2ncc3ccccc3c2s1. The molecule has 0 unspecified atom stereocenters. The van der Waals surface area contributed by atoms with Gasteiger partial charge >= 0.3 is 4.87 Å². The quantitative estimate of drug-likeness (QED) is 0.607.